The first-order chi connectivity index (χ1) is 13.7. The summed E-state index contributed by atoms with van der Waals surface area (Å²) in [5.74, 6) is 0.344. The largest absolute Gasteiger partial charge is 0.471 e. The number of hydrogen-bond donors (Lipinski definition) is 0. The minimum atomic E-state index is -0.345. The number of Topliss-reactive ketones (excluding diaryl/α,β-unsaturated/α-hetero) is 1. The molecule has 1 aromatic heterocycles. The summed E-state index contributed by atoms with van der Waals surface area (Å²) in [6, 6.07) is 6.74. The third-order valence-corrected chi connectivity index (χ3v) is 5.28. The molecule has 1 aliphatic heterocycles. The Labute approximate surface area is 172 Å². The Bertz CT molecular complexity index is 850. The van der Waals surface area contributed by atoms with Crippen LogP contribution in [0.2, 0.25) is 0 Å². The van der Waals surface area contributed by atoms with Gasteiger partial charge in [-0.3, -0.25) is 14.7 Å². The Morgan fingerprint density at radius 3 is 2.66 bits per heavy atom. The second-order valence-corrected chi connectivity index (χ2v) is 8.80. The summed E-state index contributed by atoms with van der Waals surface area (Å²) < 4.78 is 19.8. The van der Waals surface area contributed by atoms with Crippen molar-refractivity contribution >= 4 is 5.78 Å². The van der Waals surface area contributed by atoms with Crippen LogP contribution in [0.5, 0.6) is 5.88 Å². The minimum Gasteiger partial charge on any atom is -0.471 e. The van der Waals surface area contributed by atoms with Crippen molar-refractivity contribution in [3.63, 3.8) is 0 Å². The highest BCUT2D eigenvalue weighted by Crippen LogP contribution is 2.28. The van der Waals surface area contributed by atoms with Crippen molar-refractivity contribution in [2.24, 2.45) is 5.92 Å². The van der Waals surface area contributed by atoms with Crippen molar-refractivity contribution in [2.75, 3.05) is 6.54 Å². The first kappa shape index (κ1) is 21.4. The topological polar surface area (TPSA) is 55.3 Å². The highest BCUT2D eigenvalue weighted by molar-refractivity contribution is 5.83. The Morgan fingerprint density at radius 1 is 1.24 bits per heavy atom. The fourth-order valence-corrected chi connectivity index (χ4v) is 3.75. The van der Waals surface area contributed by atoms with Gasteiger partial charge in [0, 0.05) is 37.3 Å². The van der Waals surface area contributed by atoms with E-state index in [1.807, 2.05) is 20.8 Å². The molecule has 2 heterocycles. The van der Waals surface area contributed by atoms with Gasteiger partial charge in [0.25, 0.3) is 0 Å². The average Bonchev–Trinajstić information content (AvgIpc) is 2.65. The molecule has 0 spiro atoms. The van der Waals surface area contributed by atoms with Gasteiger partial charge in [-0.05, 0) is 58.7 Å². The van der Waals surface area contributed by atoms with E-state index >= 15 is 0 Å². The van der Waals surface area contributed by atoms with E-state index < -0.39 is 0 Å². The number of piperidine rings is 1. The molecule has 0 aliphatic carbocycles. The van der Waals surface area contributed by atoms with Gasteiger partial charge < -0.3 is 4.74 Å². The lowest BCUT2D eigenvalue weighted by Gasteiger charge is -2.37. The van der Waals surface area contributed by atoms with E-state index in [0.29, 0.717) is 18.0 Å². The molecular formula is C23H30FN3O2. The molecule has 1 saturated heterocycles. The van der Waals surface area contributed by atoms with Crippen LogP contribution in [0.4, 0.5) is 4.39 Å². The second kappa shape index (κ2) is 8.99. The van der Waals surface area contributed by atoms with Gasteiger partial charge in [0.05, 0.1) is 0 Å². The summed E-state index contributed by atoms with van der Waals surface area (Å²) in [5.41, 5.74) is 0.948. The molecule has 1 aliphatic rings. The van der Waals surface area contributed by atoms with E-state index in [0.717, 1.165) is 25.1 Å². The first-order valence-corrected chi connectivity index (χ1v) is 10.2. The van der Waals surface area contributed by atoms with Crippen LogP contribution in [-0.2, 0) is 17.8 Å². The molecule has 2 aromatic rings. The zero-order valence-electron chi connectivity index (χ0n) is 17.7. The maximum Gasteiger partial charge on any atom is 0.237 e. The minimum absolute atomic E-state index is 0.0343. The fraction of sp³-hybridized carbons (Fsp3) is 0.522. The van der Waals surface area contributed by atoms with Crippen LogP contribution in [0.25, 0.3) is 0 Å². The number of halogens is 1. The fourth-order valence-electron chi connectivity index (χ4n) is 3.75. The van der Waals surface area contributed by atoms with Gasteiger partial charge >= 0.3 is 0 Å². The molecule has 3 rings (SSSR count). The van der Waals surface area contributed by atoms with E-state index in [4.69, 9.17) is 4.74 Å². The quantitative estimate of drug-likeness (QED) is 0.728. The third-order valence-electron chi connectivity index (χ3n) is 5.28. The van der Waals surface area contributed by atoms with Gasteiger partial charge in [-0.1, -0.05) is 18.2 Å². The van der Waals surface area contributed by atoms with Crippen molar-refractivity contribution in [1.29, 1.82) is 0 Å². The Hall–Kier alpha value is -2.34. The number of ketones is 1. The number of carbonyl (C=O) groups is 1. The van der Waals surface area contributed by atoms with Crippen LogP contribution in [0, 0.1) is 11.7 Å². The predicted octanol–water partition coefficient (Wildman–Crippen LogP) is 4.21. The highest BCUT2D eigenvalue weighted by Gasteiger charge is 2.31. The molecule has 1 aromatic carbocycles. The molecule has 0 radical (unpaired) electrons. The van der Waals surface area contributed by atoms with Crippen LogP contribution in [-0.4, -0.2) is 38.8 Å². The van der Waals surface area contributed by atoms with E-state index in [1.54, 1.807) is 30.6 Å². The summed E-state index contributed by atoms with van der Waals surface area (Å²) in [6.07, 6.45) is 5.02. The van der Waals surface area contributed by atoms with Crippen molar-refractivity contribution in [1.82, 2.24) is 14.9 Å². The maximum atomic E-state index is 13.9. The van der Waals surface area contributed by atoms with Crippen LogP contribution in [0.3, 0.4) is 0 Å². The second-order valence-electron chi connectivity index (χ2n) is 8.80. The number of benzene rings is 1. The van der Waals surface area contributed by atoms with Crippen LogP contribution >= 0.6 is 0 Å². The summed E-state index contributed by atoms with van der Waals surface area (Å²) >= 11 is 0. The van der Waals surface area contributed by atoms with Gasteiger partial charge in [-0.2, -0.15) is 0 Å². The number of hydrogen-bond acceptors (Lipinski definition) is 5. The van der Waals surface area contributed by atoms with E-state index in [-0.39, 0.29) is 35.6 Å². The molecule has 0 unspecified atom stereocenters. The SMILES string of the molecule is C[C@H]1C[C@H](C(=O)Cc2ccccc2F)CCN1Cc1nccnc1OC(C)(C)C. The Balaban J connectivity index is 1.61. The standard InChI is InChI=1S/C23H30FN3O2/c1-16-13-18(21(28)14-17-7-5-6-8-19(17)24)9-12-27(16)15-20-22(26-11-10-25-20)29-23(2,3)4/h5-8,10-11,16,18H,9,12-15H2,1-4H3/t16-,18+/m0/s1. The van der Waals surface area contributed by atoms with E-state index in [1.165, 1.54) is 6.07 Å². The Morgan fingerprint density at radius 2 is 1.97 bits per heavy atom. The molecule has 29 heavy (non-hydrogen) atoms. The van der Waals surface area contributed by atoms with Gasteiger partial charge in [-0.15, -0.1) is 0 Å². The summed E-state index contributed by atoms with van der Waals surface area (Å²) in [4.78, 5) is 23.9. The summed E-state index contributed by atoms with van der Waals surface area (Å²) in [6.45, 7) is 9.51. The van der Waals surface area contributed by atoms with Crippen molar-refractivity contribution in [3.05, 3.63) is 53.7 Å². The molecule has 0 saturated carbocycles. The van der Waals surface area contributed by atoms with Crippen molar-refractivity contribution < 1.29 is 13.9 Å². The van der Waals surface area contributed by atoms with Crippen molar-refractivity contribution in [3.8, 4) is 5.88 Å². The third kappa shape index (κ3) is 5.82. The van der Waals surface area contributed by atoms with Crippen LogP contribution in [0.15, 0.2) is 36.7 Å². The van der Waals surface area contributed by atoms with E-state index in [9.17, 15) is 9.18 Å². The molecular weight excluding hydrogens is 369 g/mol. The van der Waals surface area contributed by atoms with E-state index in [2.05, 4.69) is 21.8 Å². The highest BCUT2D eigenvalue weighted by atomic mass is 19.1. The molecule has 0 bridgehead atoms. The molecule has 0 N–H and O–H groups in total. The lowest BCUT2D eigenvalue weighted by molar-refractivity contribution is -0.124. The molecule has 5 nitrogen and oxygen atoms in total. The number of nitrogens with zero attached hydrogens (tertiary/aromatic N) is 3. The zero-order valence-corrected chi connectivity index (χ0v) is 17.7. The lowest BCUT2D eigenvalue weighted by atomic mass is 9.85. The van der Waals surface area contributed by atoms with Gasteiger partial charge in [0.1, 0.15) is 22.9 Å². The Kier molecular flexibility index (Phi) is 6.63. The predicted molar refractivity (Wildman–Crippen MR) is 110 cm³/mol. The summed E-state index contributed by atoms with van der Waals surface area (Å²) in [5, 5.41) is 0. The van der Waals surface area contributed by atoms with Crippen LogP contribution in [0.1, 0.15) is 51.8 Å². The average molecular weight is 400 g/mol. The van der Waals surface area contributed by atoms with Gasteiger partial charge in [0.2, 0.25) is 5.88 Å². The molecule has 156 valence electrons. The molecule has 0 amide bonds. The lowest BCUT2D eigenvalue weighted by Crippen LogP contribution is -2.42. The monoisotopic (exact) mass is 399 g/mol. The zero-order chi connectivity index (χ0) is 21.0. The smallest absolute Gasteiger partial charge is 0.237 e. The van der Waals surface area contributed by atoms with Crippen molar-refractivity contribution in [2.45, 2.75) is 65.1 Å². The maximum absolute atomic E-state index is 13.9. The van der Waals surface area contributed by atoms with Gasteiger partial charge in [0.15, 0.2) is 0 Å². The number of likely N-dealkylation sites (tertiary alicyclic amines) is 1. The number of aromatic nitrogens is 2. The molecule has 6 heteroatoms. The first-order valence-electron chi connectivity index (χ1n) is 10.2. The molecule has 2 atom stereocenters. The molecule has 1 fully saturated rings. The number of rotatable bonds is 6. The number of ether oxygens (including phenoxy) is 1. The number of carbonyl (C=O) groups excluding carboxylic acids is 1. The normalized spacial score (nSPS) is 20.4. The summed E-state index contributed by atoms with van der Waals surface area (Å²) in [7, 11) is 0. The van der Waals surface area contributed by atoms with Gasteiger partial charge in [-0.25, -0.2) is 9.37 Å². The van der Waals surface area contributed by atoms with Crippen LogP contribution < -0.4 is 4.74 Å².